The molecule has 4 aromatic rings. The van der Waals surface area contributed by atoms with Crippen LogP contribution in [0.15, 0.2) is 108 Å². The van der Waals surface area contributed by atoms with Crippen LogP contribution in [0.4, 0.5) is 11.4 Å². The molecule has 44 heavy (non-hydrogen) atoms. The first kappa shape index (κ1) is 31.7. The van der Waals surface area contributed by atoms with Gasteiger partial charge in [0.2, 0.25) is 5.91 Å². The number of ether oxygens (including phenoxy) is 3. The number of nitrogens with one attached hydrogen (secondary N) is 3. The molecule has 3 amide bonds. The Morgan fingerprint density at radius 2 is 1.52 bits per heavy atom. The Bertz CT molecular complexity index is 1620. The van der Waals surface area contributed by atoms with E-state index in [1.807, 2.05) is 19.1 Å². The number of methoxy groups -OCH3 is 2. The molecule has 0 aliphatic heterocycles. The van der Waals surface area contributed by atoms with Crippen molar-refractivity contribution in [1.29, 1.82) is 0 Å². The van der Waals surface area contributed by atoms with Gasteiger partial charge in [0, 0.05) is 21.7 Å². The molecule has 0 saturated carbocycles. The maximum absolute atomic E-state index is 13.5. The number of hydrogen-bond donors (Lipinski definition) is 3. The van der Waals surface area contributed by atoms with Crippen molar-refractivity contribution >= 4 is 46.9 Å². The van der Waals surface area contributed by atoms with Crippen LogP contribution >= 0.6 is 11.8 Å². The fraction of sp³-hybridized carbons (Fsp3) is 0.147. The van der Waals surface area contributed by atoms with Crippen molar-refractivity contribution in [3.63, 3.8) is 0 Å². The molecule has 4 rings (SSSR count). The molecular weight excluding hydrogens is 578 g/mol. The van der Waals surface area contributed by atoms with E-state index in [0.717, 1.165) is 4.90 Å². The monoisotopic (exact) mass is 611 g/mol. The van der Waals surface area contributed by atoms with Gasteiger partial charge in [-0.2, -0.15) is 0 Å². The number of carbonyl (C=O) groups excluding carboxylic acids is 3. The summed E-state index contributed by atoms with van der Waals surface area (Å²) in [5.41, 5.74) is 2.07. The second-order valence-electron chi connectivity index (χ2n) is 9.23. The highest BCUT2D eigenvalue weighted by Crippen LogP contribution is 2.27. The highest BCUT2D eigenvalue weighted by Gasteiger charge is 2.17. The minimum Gasteiger partial charge on any atom is -0.497 e. The van der Waals surface area contributed by atoms with Crippen molar-refractivity contribution in [2.24, 2.45) is 0 Å². The molecule has 0 heterocycles. The Labute approximate surface area is 260 Å². The first-order chi connectivity index (χ1) is 21.4. The van der Waals surface area contributed by atoms with Crippen molar-refractivity contribution < 1.29 is 28.6 Å². The summed E-state index contributed by atoms with van der Waals surface area (Å²) in [4.78, 5) is 39.8. The summed E-state index contributed by atoms with van der Waals surface area (Å²) in [6.07, 6.45) is 1.53. The van der Waals surface area contributed by atoms with Crippen LogP contribution in [0.25, 0.3) is 6.08 Å². The Hall–Kier alpha value is -5.22. The number of amides is 3. The fourth-order valence-electron chi connectivity index (χ4n) is 4.07. The van der Waals surface area contributed by atoms with Gasteiger partial charge in [-0.05, 0) is 79.7 Å². The molecule has 0 bridgehead atoms. The number of para-hydroxylation sites is 2. The lowest BCUT2D eigenvalue weighted by Crippen LogP contribution is -2.30. The number of hydrogen-bond acceptors (Lipinski definition) is 7. The minimum atomic E-state index is -0.535. The number of thioether (sulfide) groups is 1. The van der Waals surface area contributed by atoms with Gasteiger partial charge in [-0.1, -0.05) is 30.3 Å². The predicted molar refractivity (Wildman–Crippen MR) is 173 cm³/mol. The molecule has 3 N–H and O–H groups in total. The van der Waals surface area contributed by atoms with E-state index in [9.17, 15) is 14.4 Å². The molecule has 226 valence electrons. The molecule has 0 unspecified atom stereocenters. The maximum atomic E-state index is 13.5. The zero-order valence-electron chi connectivity index (χ0n) is 24.6. The van der Waals surface area contributed by atoms with Gasteiger partial charge in [0.05, 0.1) is 32.3 Å². The Kier molecular flexibility index (Phi) is 11.4. The number of rotatable bonds is 13. The smallest absolute Gasteiger partial charge is 0.272 e. The van der Waals surface area contributed by atoms with Gasteiger partial charge in [-0.3, -0.25) is 14.4 Å². The highest BCUT2D eigenvalue weighted by atomic mass is 32.2. The van der Waals surface area contributed by atoms with Gasteiger partial charge in [0.1, 0.15) is 22.9 Å². The van der Waals surface area contributed by atoms with Crippen LogP contribution in [0.5, 0.6) is 17.2 Å². The molecule has 0 saturated heterocycles. The van der Waals surface area contributed by atoms with Crippen LogP contribution in [0, 0.1) is 0 Å². The molecule has 0 atom stereocenters. The van der Waals surface area contributed by atoms with E-state index in [1.165, 1.54) is 32.1 Å². The average molecular weight is 612 g/mol. The van der Waals surface area contributed by atoms with E-state index < -0.39 is 11.8 Å². The molecule has 10 heteroatoms. The third-order valence-corrected chi connectivity index (χ3v) is 7.22. The zero-order chi connectivity index (χ0) is 31.3. The SMILES string of the molecule is CCOc1ccccc1NC(=O)CSc1ccc(NC(=O)/C(=C/c2cc(OC)ccc2OC)NC(=O)c2ccccc2)cc1. The standard InChI is InChI=1S/C34H33N3O6S/c1-4-43-31-13-9-8-12-28(31)36-32(38)22-44-27-17-14-25(15-18-27)35-34(40)29(37-33(39)23-10-6-5-7-11-23)21-24-20-26(41-2)16-19-30(24)42-3/h5-21H,4,22H2,1-3H3,(H,35,40)(H,36,38)(H,37,39)/b29-21-. The van der Waals surface area contributed by atoms with Gasteiger partial charge in [-0.25, -0.2) is 0 Å². The quantitative estimate of drug-likeness (QED) is 0.121. The largest absolute Gasteiger partial charge is 0.497 e. The second kappa shape index (κ2) is 15.9. The summed E-state index contributed by atoms with van der Waals surface area (Å²) in [6, 6.07) is 28.1. The lowest BCUT2D eigenvalue weighted by molar-refractivity contribution is -0.114. The number of carbonyl (C=O) groups is 3. The fourth-order valence-corrected chi connectivity index (χ4v) is 4.77. The van der Waals surface area contributed by atoms with Gasteiger partial charge in [0.15, 0.2) is 0 Å². The molecule has 4 aromatic carbocycles. The molecule has 0 fully saturated rings. The van der Waals surface area contributed by atoms with E-state index in [4.69, 9.17) is 14.2 Å². The van der Waals surface area contributed by atoms with Crippen molar-refractivity contribution in [2.75, 3.05) is 37.2 Å². The van der Waals surface area contributed by atoms with Crippen LogP contribution in [0.1, 0.15) is 22.8 Å². The summed E-state index contributed by atoms with van der Waals surface area (Å²) in [5.74, 6) is 0.716. The summed E-state index contributed by atoms with van der Waals surface area (Å²) >= 11 is 1.36. The molecule has 0 spiro atoms. The first-order valence-electron chi connectivity index (χ1n) is 13.8. The Morgan fingerprint density at radius 1 is 0.795 bits per heavy atom. The van der Waals surface area contributed by atoms with Gasteiger partial charge in [-0.15, -0.1) is 11.8 Å². The minimum absolute atomic E-state index is 0.00728. The lowest BCUT2D eigenvalue weighted by Gasteiger charge is -2.13. The molecular formula is C34H33N3O6S. The van der Waals surface area contributed by atoms with Crippen molar-refractivity contribution in [3.05, 3.63) is 114 Å². The van der Waals surface area contributed by atoms with Gasteiger partial charge < -0.3 is 30.2 Å². The molecule has 0 aliphatic rings. The highest BCUT2D eigenvalue weighted by molar-refractivity contribution is 8.00. The topological polar surface area (TPSA) is 115 Å². The average Bonchev–Trinajstić information content (AvgIpc) is 3.05. The van der Waals surface area contributed by atoms with E-state index in [0.29, 0.717) is 46.4 Å². The van der Waals surface area contributed by atoms with Crippen molar-refractivity contribution in [3.8, 4) is 17.2 Å². The predicted octanol–water partition coefficient (Wildman–Crippen LogP) is 6.24. The summed E-state index contributed by atoms with van der Waals surface area (Å²) < 4.78 is 16.3. The van der Waals surface area contributed by atoms with E-state index in [2.05, 4.69) is 16.0 Å². The van der Waals surface area contributed by atoms with E-state index in [-0.39, 0.29) is 17.4 Å². The van der Waals surface area contributed by atoms with Gasteiger partial charge in [0.25, 0.3) is 11.8 Å². The zero-order valence-corrected chi connectivity index (χ0v) is 25.4. The Balaban J connectivity index is 1.45. The molecule has 9 nitrogen and oxygen atoms in total. The number of anilines is 2. The molecule has 0 radical (unpaired) electrons. The van der Waals surface area contributed by atoms with Crippen LogP contribution in [0.2, 0.25) is 0 Å². The summed E-state index contributed by atoms with van der Waals surface area (Å²) in [5, 5.41) is 8.43. The number of benzene rings is 4. The normalized spacial score (nSPS) is 10.8. The third-order valence-electron chi connectivity index (χ3n) is 6.21. The van der Waals surface area contributed by atoms with Gasteiger partial charge >= 0.3 is 0 Å². The second-order valence-corrected chi connectivity index (χ2v) is 10.3. The maximum Gasteiger partial charge on any atom is 0.272 e. The van der Waals surface area contributed by atoms with E-state index in [1.54, 1.807) is 84.9 Å². The first-order valence-corrected chi connectivity index (χ1v) is 14.7. The molecule has 0 aromatic heterocycles. The third kappa shape index (κ3) is 8.89. The van der Waals surface area contributed by atoms with E-state index >= 15 is 0 Å². The van der Waals surface area contributed by atoms with Crippen molar-refractivity contribution in [2.45, 2.75) is 11.8 Å². The molecule has 0 aliphatic carbocycles. The summed E-state index contributed by atoms with van der Waals surface area (Å²) in [7, 11) is 3.06. The van der Waals surface area contributed by atoms with Crippen LogP contribution in [0.3, 0.4) is 0 Å². The van der Waals surface area contributed by atoms with Crippen LogP contribution < -0.4 is 30.2 Å². The lowest BCUT2D eigenvalue weighted by atomic mass is 10.1. The van der Waals surface area contributed by atoms with Crippen molar-refractivity contribution in [1.82, 2.24) is 5.32 Å². The van der Waals surface area contributed by atoms with Crippen LogP contribution in [-0.4, -0.2) is 44.3 Å². The van der Waals surface area contributed by atoms with Crippen LogP contribution in [-0.2, 0) is 9.59 Å². The Morgan fingerprint density at radius 3 is 2.23 bits per heavy atom. The summed E-state index contributed by atoms with van der Waals surface area (Å²) in [6.45, 7) is 2.38.